The van der Waals surface area contributed by atoms with E-state index in [-0.39, 0.29) is 55.2 Å². The van der Waals surface area contributed by atoms with Crippen LogP contribution in [0, 0.1) is 0 Å². The normalized spacial score (nSPS) is 14.1. The highest BCUT2D eigenvalue weighted by atomic mass is 19.4. The molecule has 9 nitrogen and oxygen atoms in total. The van der Waals surface area contributed by atoms with Crippen LogP contribution in [0.4, 0.5) is 32.2 Å². The van der Waals surface area contributed by atoms with Gasteiger partial charge >= 0.3 is 18.5 Å². The number of benzene rings is 1. The molecule has 0 saturated carbocycles. The predicted octanol–water partition coefficient (Wildman–Crippen LogP) is 4.27. The van der Waals surface area contributed by atoms with Crippen LogP contribution in [0.5, 0.6) is 17.5 Å². The Kier molecular flexibility index (Phi) is 7.40. The molecular formula is C23H21F6N5O4. The molecule has 1 N–H and O–H groups in total. The topological polar surface area (TPSA) is 93.0 Å². The van der Waals surface area contributed by atoms with Gasteiger partial charge in [0.2, 0.25) is 0 Å². The van der Waals surface area contributed by atoms with Crippen molar-refractivity contribution < 1.29 is 45.7 Å². The third kappa shape index (κ3) is 6.10. The fourth-order valence-corrected chi connectivity index (χ4v) is 3.80. The van der Waals surface area contributed by atoms with Crippen molar-refractivity contribution in [1.82, 2.24) is 19.4 Å². The Bertz CT molecular complexity index is 1290. The maximum absolute atomic E-state index is 13.3. The van der Waals surface area contributed by atoms with Gasteiger partial charge in [0.25, 0.3) is 5.91 Å². The number of pyridine rings is 1. The van der Waals surface area contributed by atoms with Gasteiger partial charge in [-0.3, -0.25) is 14.3 Å². The highest BCUT2D eigenvalue weighted by Crippen LogP contribution is 2.35. The number of aliphatic hydroxyl groups excluding tert-OH is 1. The smallest absolute Gasteiger partial charge is 0.425 e. The van der Waals surface area contributed by atoms with Crippen LogP contribution in [0.15, 0.2) is 42.6 Å². The van der Waals surface area contributed by atoms with Gasteiger partial charge in [-0.05, 0) is 30.2 Å². The molecule has 3 heterocycles. The summed E-state index contributed by atoms with van der Waals surface area (Å²) in [5.41, 5.74) is -0.771. The minimum absolute atomic E-state index is 0.0503. The average Bonchev–Trinajstić information content (AvgIpc) is 3.18. The lowest BCUT2D eigenvalue weighted by molar-refractivity contribution is -0.274. The molecule has 0 unspecified atom stereocenters. The summed E-state index contributed by atoms with van der Waals surface area (Å²) in [5.74, 6) is -0.906. The van der Waals surface area contributed by atoms with Crippen LogP contribution >= 0.6 is 0 Å². The van der Waals surface area contributed by atoms with E-state index in [1.807, 2.05) is 0 Å². The third-order valence-corrected chi connectivity index (χ3v) is 5.44. The number of ether oxygens (including phenoxy) is 2. The Morgan fingerprint density at radius 2 is 1.82 bits per heavy atom. The number of nitrogens with zero attached hydrogens (tertiary/aromatic N) is 5. The zero-order valence-electron chi connectivity index (χ0n) is 19.8. The molecule has 1 aliphatic heterocycles. The Balaban J connectivity index is 1.73. The monoisotopic (exact) mass is 545 g/mol. The van der Waals surface area contributed by atoms with Crippen LogP contribution in [0.2, 0.25) is 0 Å². The highest BCUT2D eigenvalue weighted by molar-refractivity contribution is 5.99. The van der Waals surface area contributed by atoms with Crippen molar-refractivity contribution >= 4 is 11.7 Å². The number of aliphatic hydroxyl groups is 1. The molecule has 2 aromatic heterocycles. The van der Waals surface area contributed by atoms with E-state index in [1.165, 1.54) is 27.7 Å². The second-order valence-electron chi connectivity index (χ2n) is 8.31. The number of carbonyl (C=O) groups is 1. The van der Waals surface area contributed by atoms with Crippen molar-refractivity contribution in [2.24, 2.45) is 0 Å². The lowest BCUT2D eigenvalue weighted by atomic mass is 10.2. The molecular weight excluding hydrogens is 524 g/mol. The van der Waals surface area contributed by atoms with Gasteiger partial charge in [0.1, 0.15) is 17.2 Å². The first-order valence-corrected chi connectivity index (χ1v) is 11.1. The van der Waals surface area contributed by atoms with E-state index in [9.17, 15) is 36.2 Å². The van der Waals surface area contributed by atoms with Gasteiger partial charge in [-0.2, -0.15) is 18.2 Å². The molecule has 0 radical (unpaired) electrons. The summed E-state index contributed by atoms with van der Waals surface area (Å²) in [7, 11) is 1.65. The Labute approximate surface area is 211 Å². The molecule has 204 valence electrons. The van der Waals surface area contributed by atoms with Crippen LogP contribution in [0.25, 0.3) is 0 Å². The predicted molar refractivity (Wildman–Crippen MR) is 120 cm³/mol. The van der Waals surface area contributed by atoms with Gasteiger partial charge in [-0.25, -0.2) is 0 Å². The van der Waals surface area contributed by atoms with Crippen LogP contribution in [-0.4, -0.2) is 63.7 Å². The molecule has 0 spiro atoms. The standard InChI is InChI=1S/C23H21F6N5O4/c1-32-13-33(8-3-9-35)20(36)18-19(32)31-21(37-15-4-2-5-16(10-15)38-23(27,28)29)34(18)12-14-6-7-17(30-11-14)22(24,25)26/h2,4-7,10-11,35H,3,8-9,12-13H2,1H3. The molecule has 1 aromatic carbocycles. The van der Waals surface area contributed by atoms with Gasteiger partial charge in [-0.15, -0.1) is 13.2 Å². The van der Waals surface area contributed by atoms with Crippen LogP contribution in [-0.2, 0) is 12.7 Å². The maximum Gasteiger partial charge on any atom is 0.573 e. The van der Waals surface area contributed by atoms with E-state index in [4.69, 9.17) is 4.74 Å². The van der Waals surface area contributed by atoms with Gasteiger partial charge in [0.05, 0.1) is 13.2 Å². The van der Waals surface area contributed by atoms with Crippen LogP contribution in [0.3, 0.4) is 0 Å². The molecule has 1 aliphatic rings. The van der Waals surface area contributed by atoms with Crippen LogP contribution in [0.1, 0.15) is 28.2 Å². The van der Waals surface area contributed by atoms with E-state index in [0.717, 1.165) is 24.4 Å². The van der Waals surface area contributed by atoms with Crippen molar-refractivity contribution in [3.8, 4) is 17.5 Å². The minimum Gasteiger partial charge on any atom is -0.425 e. The maximum atomic E-state index is 13.3. The van der Waals surface area contributed by atoms with Gasteiger partial charge in [0, 0.05) is 32.5 Å². The SMILES string of the molecule is CN1CN(CCCO)C(=O)c2c1nc(Oc1cccc(OC(F)(F)F)c1)n2Cc1ccc(C(F)(F)F)nc1. The first-order chi connectivity index (χ1) is 17.9. The number of aromatic nitrogens is 3. The summed E-state index contributed by atoms with van der Waals surface area (Å²) in [5, 5.41) is 9.18. The fourth-order valence-electron chi connectivity index (χ4n) is 3.80. The van der Waals surface area contributed by atoms with Crippen molar-refractivity contribution in [1.29, 1.82) is 0 Å². The molecule has 0 bridgehead atoms. The fraction of sp³-hybridized carbons (Fsp3) is 0.348. The van der Waals surface area contributed by atoms with E-state index in [0.29, 0.717) is 6.42 Å². The third-order valence-electron chi connectivity index (χ3n) is 5.44. The molecule has 1 amide bonds. The molecule has 15 heteroatoms. The van der Waals surface area contributed by atoms with Crippen molar-refractivity contribution in [3.63, 3.8) is 0 Å². The summed E-state index contributed by atoms with van der Waals surface area (Å²) < 4.78 is 87.8. The first kappa shape index (κ1) is 27.0. The molecule has 0 fully saturated rings. The Morgan fingerprint density at radius 1 is 1.08 bits per heavy atom. The number of carbonyl (C=O) groups excluding carboxylic acids is 1. The summed E-state index contributed by atoms with van der Waals surface area (Å²) >= 11 is 0. The van der Waals surface area contributed by atoms with Gasteiger partial charge in [0.15, 0.2) is 11.5 Å². The number of fused-ring (bicyclic) bond motifs is 1. The minimum atomic E-state index is -4.93. The second-order valence-corrected chi connectivity index (χ2v) is 8.31. The van der Waals surface area contributed by atoms with Crippen molar-refractivity contribution in [2.75, 3.05) is 31.8 Å². The number of hydrogen-bond donors (Lipinski definition) is 1. The van der Waals surface area contributed by atoms with E-state index < -0.39 is 29.9 Å². The van der Waals surface area contributed by atoms with E-state index >= 15 is 0 Å². The Hall–Kier alpha value is -4.01. The summed E-state index contributed by atoms with van der Waals surface area (Å²) in [6.07, 6.45) is -8.27. The lowest BCUT2D eigenvalue weighted by Crippen LogP contribution is -2.46. The number of amides is 1. The number of hydrogen-bond acceptors (Lipinski definition) is 7. The molecule has 0 saturated heterocycles. The summed E-state index contributed by atoms with van der Waals surface area (Å²) in [4.78, 5) is 24.2. The summed E-state index contributed by atoms with van der Waals surface area (Å²) in [6, 6.07) is 6.44. The zero-order chi connectivity index (χ0) is 27.7. The quantitative estimate of drug-likeness (QED) is 0.423. The zero-order valence-corrected chi connectivity index (χ0v) is 19.8. The number of halogens is 6. The molecule has 3 aromatic rings. The van der Waals surface area contributed by atoms with E-state index in [1.54, 1.807) is 11.9 Å². The van der Waals surface area contributed by atoms with Crippen molar-refractivity contribution in [3.05, 3.63) is 59.5 Å². The van der Waals surface area contributed by atoms with E-state index in [2.05, 4.69) is 14.7 Å². The molecule has 0 atom stereocenters. The number of anilines is 1. The Morgan fingerprint density at radius 3 is 2.45 bits per heavy atom. The number of alkyl halides is 6. The largest absolute Gasteiger partial charge is 0.573 e. The molecule has 4 rings (SSSR count). The lowest BCUT2D eigenvalue weighted by Gasteiger charge is -2.33. The average molecular weight is 545 g/mol. The summed E-state index contributed by atoms with van der Waals surface area (Å²) in [6.45, 7) is 0.0225. The van der Waals surface area contributed by atoms with Gasteiger partial charge < -0.3 is 24.4 Å². The van der Waals surface area contributed by atoms with Crippen LogP contribution < -0.4 is 14.4 Å². The molecule has 38 heavy (non-hydrogen) atoms. The second kappa shape index (κ2) is 10.4. The van der Waals surface area contributed by atoms with Crippen molar-refractivity contribution in [2.45, 2.75) is 25.5 Å². The van der Waals surface area contributed by atoms with Gasteiger partial charge in [-0.1, -0.05) is 12.1 Å². The molecule has 0 aliphatic carbocycles. The number of rotatable bonds is 8. The first-order valence-electron chi connectivity index (χ1n) is 11.1. The highest BCUT2D eigenvalue weighted by Gasteiger charge is 2.36. The number of imidazole rings is 1.